The monoisotopic (exact) mass is 326 g/mol. The van der Waals surface area contributed by atoms with Crippen LogP contribution in [0.4, 0.5) is 5.69 Å². The first-order valence-corrected chi connectivity index (χ1v) is 6.88. The van der Waals surface area contributed by atoms with E-state index in [1.54, 1.807) is 42.5 Å². The number of nitriles is 1. The number of hydrogen-bond donors (Lipinski definition) is 1. The number of rotatable bonds is 6. The van der Waals surface area contributed by atoms with Gasteiger partial charge in [0.05, 0.1) is 13.4 Å². The van der Waals surface area contributed by atoms with E-state index in [2.05, 4.69) is 5.32 Å². The molecule has 1 aromatic heterocycles. The molecule has 0 aliphatic carbocycles. The van der Waals surface area contributed by atoms with E-state index in [1.807, 2.05) is 0 Å². The number of benzene rings is 1. The number of hydrogen-bond acceptors (Lipinski definition) is 6. The van der Waals surface area contributed by atoms with Crippen LogP contribution in [0.5, 0.6) is 5.75 Å². The molecule has 0 aliphatic heterocycles. The summed E-state index contributed by atoms with van der Waals surface area (Å²) in [6, 6.07) is 11.6. The number of ether oxygens (including phenoxy) is 2. The number of nitrogens with zero attached hydrogens (tertiary/aromatic N) is 1. The number of anilines is 1. The molecule has 2 aromatic rings. The predicted molar refractivity (Wildman–Crippen MR) is 84.9 cm³/mol. The van der Waals surface area contributed by atoms with Gasteiger partial charge in [0.15, 0.2) is 6.61 Å². The van der Waals surface area contributed by atoms with E-state index < -0.39 is 18.5 Å². The first kappa shape index (κ1) is 16.8. The van der Waals surface area contributed by atoms with Crippen molar-refractivity contribution in [1.82, 2.24) is 0 Å². The van der Waals surface area contributed by atoms with Gasteiger partial charge in [-0.15, -0.1) is 0 Å². The molecule has 1 N–H and O–H groups in total. The van der Waals surface area contributed by atoms with Crippen molar-refractivity contribution in [2.24, 2.45) is 0 Å². The van der Waals surface area contributed by atoms with Crippen LogP contribution in [0, 0.1) is 11.3 Å². The van der Waals surface area contributed by atoms with E-state index in [-0.39, 0.29) is 5.57 Å². The lowest BCUT2D eigenvalue weighted by Gasteiger charge is -2.07. The van der Waals surface area contributed by atoms with Crippen LogP contribution in [0.2, 0.25) is 0 Å². The van der Waals surface area contributed by atoms with Gasteiger partial charge in [-0.25, -0.2) is 4.79 Å². The Labute approximate surface area is 138 Å². The molecule has 0 bridgehead atoms. The minimum absolute atomic E-state index is 0.265. The van der Waals surface area contributed by atoms with Crippen molar-refractivity contribution >= 4 is 23.6 Å². The highest BCUT2D eigenvalue weighted by Gasteiger charge is 2.14. The summed E-state index contributed by atoms with van der Waals surface area (Å²) >= 11 is 0. The van der Waals surface area contributed by atoms with E-state index >= 15 is 0 Å². The first-order valence-electron chi connectivity index (χ1n) is 6.88. The summed E-state index contributed by atoms with van der Waals surface area (Å²) in [7, 11) is 1.51. The highest BCUT2D eigenvalue weighted by molar-refractivity contribution is 5.99. The Morgan fingerprint density at radius 1 is 1.33 bits per heavy atom. The standard InChI is InChI=1S/C17H14N2O5/c1-22-14-5-2-4-13(9-14)19-16(20)11-24-17(21)12(10-18)8-15-6-3-7-23-15/h2-9H,11H2,1H3,(H,19,20)/b12-8+. The molecule has 24 heavy (non-hydrogen) atoms. The van der Waals surface area contributed by atoms with Crippen LogP contribution in [0.25, 0.3) is 6.08 Å². The highest BCUT2D eigenvalue weighted by Crippen LogP contribution is 2.16. The third kappa shape index (κ3) is 4.74. The average molecular weight is 326 g/mol. The largest absolute Gasteiger partial charge is 0.497 e. The Kier molecular flexibility index (Phi) is 5.75. The van der Waals surface area contributed by atoms with Gasteiger partial charge in [0.1, 0.15) is 23.2 Å². The zero-order valence-corrected chi connectivity index (χ0v) is 12.8. The molecular weight excluding hydrogens is 312 g/mol. The molecule has 0 atom stereocenters. The summed E-state index contributed by atoms with van der Waals surface area (Å²) in [4.78, 5) is 23.6. The Morgan fingerprint density at radius 3 is 2.83 bits per heavy atom. The van der Waals surface area contributed by atoms with E-state index in [9.17, 15) is 9.59 Å². The van der Waals surface area contributed by atoms with Crippen molar-refractivity contribution in [3.63, 3.8) is 0 Å². The van der Waals surface area contributed by atoms with E-state index in [1.165, 1.54) is 19.4 Å². The molecular formula is C17H14N2O5. The van der Waals surface area contributed by atoms with Gasteiger partial charge in [0, 0.05) is 17.8 Å². The summed E-state index contributed by atoms with van der Waals surface area (Å²) in [5.74, 6) is -0.524. The molecule has 1 aromatic carbocycles. The van der Waals surface area contributed by atoms with Crippen LogP contribution in [0.3, 0.4) is 0 Å². The SMILES string of the molecule is COc1cccc(NC(=O)COC(=O)/C(C#N)=C/c2ccco2)c1. The van der Waals surface area contributed by atoms with Crippen molar-refractivity contribution in [2.45, 2.75) is 0 Å². The Balaban J connectivity index is 1.90. The minimum Gasteiger partial charge on any atom is -0.497 e. The Bertz CT molecular complexity index is 788. The zero-order chi connectivity index (χ0) is 17.4. The van der Waals surface area contributed by atoms with Crippen LogP contribution < -0.4 is 10.1 Å². The molecule has 7 nitrogen and oxygen atoms in total. The lowest BCUT2D eigenvalue weighted by Crippen LogP contribution is -2.21. The fourth-order valence-electron chi connectivity index (χ4n) is 1.76. The van der Waals surface area contributed by atoms with Gasteiger partial charge in [0.2, 0.25) is 0 Å². The van der Waals surface area contributed by atoms with Gasteiger partial charge in [0.25, 0.3) is 5.91 Å². The molecule has 0 unspecified atom stereocenters. The van der Waals surface area contributed by atoms with E-state index in [4.69, 9.17) is 19.2 Å². The second-order valence-electron chi connectivity index (χ2n) is 4.54. The minimum atomic E-state index is -0.908. The molecule has 1 heterocycles. The Morgan fingerprint density at radius 2 is 2.17 bits per heavy atom. The van der Waals surface area contributed by atoms with Crippen LogP contribution in [0.1, 0.15) is 5.76 Å². The molecule has 0 spiro atoms. The second-order valence-corrected chi connectivity index (χ2v) is 4.54. The molecule has 0 saturated carbocycles. The zero-order valence-electron chi connectivity index (χ0n) is 12.8. The van der Waals surface area contributed by atoms with Crippen molar-refractivity contribution < 1.29 is 23.5 Å². The third-order valence-corrected chi connectivity index (χ3v) is 2.86. The number of amides is 1. The van der Waals surface area contributed by atoms with Crippen LogP contribution >= 0.6 is 0 Å². The normalized spacial score (nSPS) is 10.6. The molecule has 2 rings (SSSR count). The number of carbonyl (C=O) groups excluding carboxylic acids is 2. The quantitative estimate of drug-likeness (QED) is 0.497. The van der Waals surface area contributed by atoms with Gasteiger partial charge in [-0.3, -0.25) is 4.79 Å². The molecule has 1 amide bonds. The van der Waals surface area contributed by atoms with Crippen LogP contribution in [-0.4, -0.2) is 25.6 Å². The fourth-order valence-corrected chi connectivity index (χ4v) is 1.76. The summed E-state index contributed by atoms with van der Waals surface area (Å²) in [5, 5.41) is 11.5. The van der Waals surface area contributed by atoms with Crippen molar-refractivity contribution in [3.05, 3.63) is 54.0 Å². The fraction of sp³-hybridized carbons (Fsp3) is 0.118. The highest BCUT2D eigenvalue weighted by atomic mass is 16.5. The molecule has 122 valence electrons. The smallest absolute Gasteiger partial charge is 0.349 e. The second kappa shape index (κ2) is 8.19. The summed E-state index contributed by atoms with van der Waals surface area (Å²) in [6.07, 6.45) is 2.65. The van der Waals surface area contributed by atoms with E-state index in [0.717, 1.165) is 0 Å². The maximum Gasteiger partial charge on any atom is 0.349 e. The van der Waals surface area contributed by atoms with Gasteiger partial charge < -0.3 is 19.2 Å². The molecule has 7 heteroatoms. The molecule has 0 radical (unpaired) electrons. The van der Waals surface area contributed by atoms with Crippen molar-refractivity contribution in [3.8, 4) is 11.8 Å². The van der Waals surface area contributed by atoms with E-state index in [0.29, 0.717) is 17.2 Å². The summed E-state index contributed by atoms with van der Waals surface area (Å²) in [5.41, 5.74) is 0.237. The number of furan rings is 1. The van der Waals surface area contributed by atoms with Crippen LogP contribution in [-0.2, 0) is 14.3 Å². The first-order chi connectivity index (χ1) is 11.6. The van der Waals surface area contributed by atoms with Gasteiger partial charge in [-0.1, -0.05) is 6.07 Å². The number of esters is 1. The van der Waals surface area contributed by atoms with Gasteiger partial charge in [-0.2, -0.15) is 5.26 Å². The number of nitrogens with one attached hydrogen (secondary N) is 1. The van der Waals surface area contributed by atoms with Crippen LogP contribution in [0.15, 0.2) is 52.7 Å². The topological polar surface area (TPSA) is 102 Å². The number of carbonyl (C=O) groups is 2. The van der Waals surface area contributed by atoms with Gasteiger partial charge in [-0.05, 0) is 24.3 Å². The lowest BCUT2D eigenvalue weighted by atomic mass is 10.2. The van der Waals surface area contributed by atoms with Crippen molar-refractivity contribution in [1.29, 1.82) is 5.26 Å². The molecule has 0 saturated heterocycles. The number of methoxy groups -OCH3 is 1. The van der Waals surface area contributed by atoms with Gasteiger partial charge >= 0.3 is 5.97 Å². The third-order valence-electron chi connectivity index (χ3n) is 2.86. The molecule has 0 aliphatic rings. The molecule has 0 fully saturated rings. The average Bonchev–Trinajstić information content (AvgIpc) is 3.11. The lowest BCUT2D eigenvalue weighted by molar-refractivity contribution is -0.142. The predicted octanol–water partition coefficient (Wildman–Crippen LogP) is 2.38. The van der Waals surface area contributed by atoms with Crippen molar-refractivity contribution in [2.75, 3.05) is 19.0 Å². The maximum atomic E-state index is 11.8. The summed E-state index contributed by atoms with van der Waals surface area (Å²) < 4.78 is 14.9. The Hall–Kier alpha value is -3.53. The summed E-state index contributed by atoms with van der Waals surface area (Å²) in [6.45, 7) is -0.521. The maximum absolute atomic E-state index is 11.8.